The maximum absolute atomic E-state index is 14.7. The molecule has 2 aliphatic rings. The number of amides is 1. The lowest BCUT2D eigenvalue weighted by Crippen LogP contribution is -2.52. The predicted molar refractivity (Wildman–Crippen MR) is 119 cm³/mol. The van der Waals surface area contributed by atoms with Crippen molar-refractivity contribution in [2.75, 3.05) is 6.54 Å². The van der Waals surface area contributed by atoms with Crippen LogP contribution in [0.1, 0.15) is 29.5 Å². The summed E-state index contributed by atoms with van der Waals surface area (Å²) >= 11 is 1.97. The summed E-state index contributed by atoms with van der Waals surface area (Å²) in [6.45, 7) is 0.0249. The molecule has 1 saturated heterocycles. The van der Waals surface area contributed by atoms with Crippen LogP contribution in [0.3, 0.4) is 0 Å². The molecule has 0 spiro atoms. The molecule has 1 amide bonds. The Labute approximate surface area is 209 Å². The first-order valence-corrected chi connectivity index (χ1v) is 12.8. The zero-order chi connectivity index (χ0) is 26.0. The summed E-state index contributed by atoms with van der Waals surface area (Å²) in [6, 6.07) is 6.55. The smallest absolute Gasteiger partial charge is 0.340 e. The average molecular weight is 635 g/mol. The third-order valence-corrected chi connectivity index (χ3v) is 10.1. The fourth-order valence-corrected chi connectivity index (χ4v) is 7.95. The normalized spacial score (nSPS) is 23.1. The third-order valence-electron chi connectivity index (χ3n) is 6.85. The van der Waals surface area contributed by atoms with Crippen molar-refractivity contribution in [3.05, 3.63) is 62.7 Å². The Morgan fingerprint density at radius 3 is 2.11 bits per heavy atom. The number of carbonyl (C=O) groups is 1. The molecule has 4 nitrogen and oxygen atoms in total. The van der Waals surface area contributed by atoms with Crippen LogP contribution in [-0.4, -0.2) is 44.7 Å². The van der Waals surface area contributed by atoms with Gasteiger partial charge in [0, 0.05) is 15.7 Å². The summed E-state index contributed by atoms with van der Waals surface area (Å²) in [6.07, 6.45) is -12.4. The Morgan fingerprint density at radius 2 is 1.57 bits per heavy atom. The molecule has 0 N–H and O–H groups in total. The van der Waals surface area contributed by atoms with E-state index in [9.17, 15) is 43.9 Å². The number of alkyl halides is 7. The molecule has 2 aromatic carbocycles. The number of benzene rings is 2. The Kier molecular flexibility index (Phi) is 6.22. The molecule has 1 heterocycles. The molecule has 190 valence electrons. The highest BCUT2D eigenvalue weighted by Gasteiger charge is 2.73. The first-order valence-electron chi connectivity index (χ1n) is 10.3. The van der Waals surface area contributed by atoms with Crippen LogP contribution < -0.4 is 0 Å². The lowest BCUT2D eigenvalue weighted by atomic mass is 9.77. The van der Waals surface area contributed by atoms with Crippen molar-refractivity contribution in [3.63, 3.8) is 0 Å². The van der Waals surface area contributed by atoms with Gasteiger partial charge in [-0.2, -0.15) is 26.3 Å². The molecule has 13 heteroatoms. The lowest BCUT2D eigenvalue weighted by molar-refractivity contribution is -0.348. The largest absolute Gasteiger partial charge is 0.435 e. The lowest BCUT2D eigenvalue weighted by Gasteiger charge is -2.42. The van der Waals surface area contributed by atoms with E-state index in [0.29, 0.717) is 18.5 Å². The van der Waals surface area contributed by atoms with E-state index in [2.05, 4.69) is 0 Å². The van der Waals surface area contributed by atoms with Crippen molar-refractivity contribution in [3.8, 4) is 0 Å². The second kappa shape index (κ2) is 8.32. The zero-order valence-corrected chi connectivity index (χ0v) is 20.6. The molecule has 2 atom stereocenters. The topological polar surface area (TPSA) is 54.5 Å². The van der Waals surface area contributed by atoms with Gasteiger partial charge in [-0.3, -0.25) is 4.79 Å². The monoisotopic (exact) mass is 635 g/mol. The van der Waals surface area contributed by atoms with Crippen LogP contribution in [0, 0.1) is 3.57 Å². The Morgan fingerprint density at radius 1 is 0.971 bits per heavy atom. The number of rotatable bonds is 4. The van der Waals surface area contributed by atoms with Gasteiger partial charge in [-0.05, 0) is 77.2 Å². The molecular weight excluding hydrogens is 618 g/mol. The summed E-state index contributed by atoms with van der Waals surface area (Å²) in [5, 5.41) is 0. The standard InChI is InChI=1S/C22H17F7INO3S/c23-20(21(24,25)26,22(27,28)29)14-2-7-17-13(11-14)1-8-18-19(17,9-10-31(18)12-32)35(33,34)16-5-3-15(30)4-6-16/h2-7,11-12,18H,1,8-10H2/t18-,19-/m1/s1. The number of aryl methyl sites for hydroxylation is 1. The van der Waals surface area contributed by atoms with Crippen molar-refractivity contribution < 1.29 is 43.9 Å². The average Bonchev–Trinajstić information content (AvgIpc) is 3.17. The number of hydrogen-bond acceptors (Lipinski definition) is 3. The summed E-state index contributed by atoms with van der Waals surface area (Å²) in [4.78, 5) is 12.8. The van der Waals surface area contributed by atoms with E-state index in [1.54, 1.807) is 12.1 Å². The quantitative estimate of drug-likeness (QED) is 0.256. The van der Waals surface area contributed by atoms with Crippen molar-refractivity contribution in [1.82, 2.24) is 4.90 Å². The van der Waals surface area contributed by atoms with Crippen LogP contribution in [0.25, 0.3) is 0 Å². The molecule has 4 rings (SSSR count). The zero-order valence-electron chi connectivity index (χ0n) is 17.6. The molecule has 35 heavy (non-hydrogen) atoms. The van der Waals surface area contributed by atoms with Crippen LogP contribution in [0.15, 0.2) is 47.4 Å². The minimum Gasteiger partial charge on any atom is -0.340 e. The van der Waals surface area contributed by atoms with Crippen LogP contribution in [0.5, 0.6) is 0 Å². The minimum absolute atomic E-state index is 0.0212. The van der Waals surface area contributed by atoms with Gasteiger partial charge in [0.25, 0.3) is 0 Å². The molecule has 0 radical (unpaired) electrons. The molecule has 2 aromatic rings. The Hall–Kier alpha value is -1.90. The number of sulfone groups is 1. The highest BCUT2D eigenvalue weighted by molar-refractivity contribution is 14.1. The number of hydrogen-bond donors (Lipinski definition) is 0. The fraction of sp³-hybridized carbons (Fsp3) is 0.409. The van der Waals surface area contributed by atoms with Crippen LogP contribution in [0.4, 0.5) is 30.7 Å². The van der Waals surface area contributed by atoms with Crippen LogP contribution in [-0.2, 0) is 31.5 Å². The summed E-state index contributed by atoms with van der Waals surface area (Å²) in [5.41, 5.74) is -7.44. The Bertz CT molecular complexity index is 1250. The van der Waals surface area contributed by atoms with Gasteiger partial charge in [0.15, 0.2) is 9.84 Å². The highest BCUT2D eigenvalue weighted by Crippen LogP contribution is 2.56. The van der Waals surface area contributed by atoms with Crippen molar-refractivity contribution in [2.24, 2.45) is 0 Å². The molecule has 0 saturated carbocycles. The second-order valence-corrected chi connectivity index (χ2v) is 12.0. The number of likely N-dealkylation sites (tertiary alicyclic amines) is 1. The number of nitrogens with zero attached hydrogens (tertiary/aromatic N) is 1. The van der Waals surface area contributed by atoms with E-state index in [4.69, 9.17) is 0 Å². The Balaban J connectivity index is 1.96. The molecular formula is C22H17F7INO3S. The van der Waals surface area contributed by atoms with Crippen molar-refractivity contribution in [1.29, 1.82) is 0 Å². The predicted octanol–water partition coefficient (Wildman–Crippen LogP) is 5.43. The van der Waals surface area contributed by atoms with Crippen LogP contribution in [0.2, 0.25) is 0 Å². The number of carbonyl (C=O) groups excluding carboxylic acids is 1. The molecule has 1 fully saturated rings. The van der Waals surface area contributed by atoms with Crippen LogP contribution >= 0.6 is 22.6 Å². The van der Waals surface area contributed by atoms with Crippen molar-refractivity contribution in [2.45, 2.75) is 53.0 Å². The summed E-state index contributed by atoms with van der Waals surface area (Å²) < 4.78 is 121. The fourth-order valence-electron chi connectivity index (χ4n) is 5.22. The van der Waals surface area contributed by atoms with Gasteiger partial charge in [-0.1, -0.05) is 18.2 Å². The minimum atomic E-state index is -6.29. The molecule has 0 aromatic heterocycles. The number of fused-ring (bicyclic) bond motifs is 3. The second-order valence-electron chi connectivity index (χ2n) is 8.52. The van der Waals surface area contributed by atoms with E-state index in [1.807, 2.05) is 22.6 Å². The molecule has 0 unspecified atom stereocenters. The van der Waals surface area contributed by atoms with E-state index in [-0.39, 0.29) is 41.8 Å². The van der Waals surface area contributed by atoms with Gasteiger partial charge in [0.2, 0.25) is 6.41 Å². The van der Waals surface area contributed by atoms with Crippen molar-refractivity contribution >= 4 is 38.8 Å². The van der Waals surface area contributed by atoms with Gasteiger partial charge in [0.05, 0.1) is 10.9 Å². The molecule has 1 aliphatic heterocycles. The SMILES string of the molecule is O=CN1CC[C@@]2(S(=O)(=O)c3ccc(I)cc3)c3ccc(C(F)(C(F)(F)F)C(F)(F)F)cc3CC[C@@H]12. The third kappa shape index (κ3) is 3.66. The summed E-state index contributed by atoms with van der Waals surface area (Å²) in [5.74, 6) is 0. The van der Waals surface area contributed by atoms with E-state index in [0.717, 1.165) is 9.64 Å². The highest BCUT2D eigenvalue weighted by atomic mass is 127. The van der Waals surface area contributed by atoms with Gasteiger partial charge >= 0.3 is 18.0 Å². The maximum Gasteiger partial charge on any atom is 0.435 e. The number of halogens is 8. The maximum atomic E-state index is 14.7. The van der Waals surface area contributed by atoms with E-state index < -0.39 is 44.2 Å². The molecule has 1 aliphatic carbocycles. The van der Waals surface area contributed by atoms with Gasteiger partial charge < -0.3 is 4.90 Å². The van der Waals surface area contributed by atoms with Gasteiger partial charge in [0.1, 0.15) is 4.75 Å². The van der Waals surface area contributed by atoms with Gasteiger partial charge in [-0.15, -0.1) is 0 Å². The first kappa shape index (κ1) is 26.2. The van der Waals surface area contributed by atoms with E-state index >= 15 is 0 Å². The first-order chi connectivity index (χ1) is 16.1. The van der Waals surface area contributed by atoms with E-state index in [1.165, 1.54) is 17.0 Å². The van der Waals surface area contributed by atoms with Gasteiger partial charge in [-0.25, -0.2) is 12.8 Å². The molecule has 0 bridgehead atoms. The summed E-state index contributed by atoms with van der Waals surface area (Å²) in [7, 11) is -4.28.